The fraction of sp³-hybridized carbons (Fsp3) is 0.308. The lowest BCUT2D eigenvalue weighted by atomic mass is 10.1. The Balaban J connectivity index is 1.51. The lowest BCUT2D eigenvalue weighted by Gasteiger charge is -2.25. The normalized spacial score (nSPS) is 21.5. The maximum Gasteiger partial charge on any atom is 0.338 e. The molecule has 1 unspecified atom stereocenters. The molecule has 0 radical (unpaired) electrons. The Morgan fingerprint density at radius 1 is 0.947 bits per heavy atom. The predicted octanol–water partition coefficient (Wildman–Crippen LogP) is 0.255. The predicted molar refractivity (Wildman–Crippen MR) is 130 cm³/mol. The highest BCUT2D eigenvalue weighted by Crippen LogP contribution is 2.31. The van der Waals surface area contributed by atoms with E-state index in [4.69, 9.17) is 18.9 Å². The van der Waals surface area contributed by atoms with Crippen molar-refractivity contribution in [3.63, 3.8) is 0 Å². The smallest absolute Gasteiger partial charge is 0.338 e. The number of aliphatic hydroxyl groups is 2. The van der Waals surface area contributed by atoms with Crippen LogP contribution in [0.4, 0.5) is 0 Å². The van der Waals surface area contributed by atoms with E-state index in [0.29, 0.717) is 5.56 Å². The number of carbonyl (C=O) groups excluding carboxylic acids is 2. The van der Waals surface area contributed by atoms with Gasteiger partial charge in [-0.25, -0.2) is 14.4 Å². The number of rotatable bonds is 10. The van der Waals surface area contributed by atoms with E-state index in [9.17, 15) is 29.4 Å². The van der Waals surface area contributed by atoms with Gasteiger partial charge in [0.15, 0.2) is 12.3 Å². The Bertz CT molecular complexity index is 1340. The summed E-state index contributed by atoms with van der Waals surface area (Å²) in [5.74, 6) is -1.34. The van der Waals surface area contributed by atoms with Crippen LogP contribution in [0.2, 0.25) is 0 Å². The van der Waals surface area contributed by atoms with Crippen LogP contribution in [0.5, 0.6) is 0 Å². The van der Waals surface area contributed by atoms with E-state index in [0.717, 1.165) is 10.6 Å². The molecule has 0 saturated carbocycles. The molecule has 0 spiro atoms. The van der Waals surface area contributed by atoms with Crippen LogP contribution in [0, 0.1) is 0 Å². The van der Waals surface area contributed by atoms with Crippen LogP contribution in [-0.4, -0.2) is 75.9 Å². The van der Waals surface area contributed by atoms with E-state index in [1.807, 2.05) is 0 Å². The maximum absolute atomic E-state index is 12.7. The highest BCUT2D eigenvalue weighted by Gasteiger charge is 2.46. The molecule has 5 atom stereocenters. The number of nitrogens with one attached hydrogen (secondary N) is 1. The van der Waals surface area contributed by atoms with Crippen LogP contribution in [0.3, 0.4) is 0 Å². The van der Waals surface area contributed by atoms with E-state index in [1.165, 1.54) is 6.20 Å². The molecule has 0 amide bonds. The van der Waals surface area contributed by atoms with Gasteiger partial charge in [-0.15, -0.1) is 0 Å². The number of H-pyrrole nitrogens is 1. The van der Waals surface area contributed by atoms with E-state index >= 15 is 0 Å². The van der Waals surface area contributed by atoms with Gasteiger partial charge in [-0.3, -0.25) is 14.3 Å². The highest BCUT2D eigenvalue weighted by atomic mass is 16.6. The summed E-state index contributed by atoms with van der Waals surface area (Å²) in [4.78, 5) is 51.0. The molecule has 0 aliphatic carbocycles. The topological polar surface area (TPSA) is 166 Å². The second-order valence-electron chi connectivity index (χ2n) is 8.41. The van der Waals surface area contributed by atoms with Crippen LogP contribution in [0.15, 0.2) is 82.5 Å². The summed E-state index contributed by atoms with van der Waals surface area (Å²) in [5, 5.41) is 20.3. The fourth-order valence-corrected chi connectivity index (χ4v) is 3.86. The summed E-state index contributed by atoms with van der Waals surface area (Å²) in [6.45, 7) is -1.31. The first-order chi connectivity index (χ1) is 18.4. The molecule has 12 nitrogen and oxygen atoms in total. The van der Waals surface area contributed by atoms with Gasteiger partial charge in [0, 0.05) is 12.3 Å². The van der Waals surface area contributed by atoms with Gasteiger partial charge in [0.25, 0.3) is 5.56 Å². The van der Waals surface area contributed by atoms with Gasteiger partial charge in [0.1, 0.15) is 24.9 Å². The van der Waals surface area contributed by atoms with Gasteiger partial charge in [-0.1, -0.05) is 36.4 Å². The summed E-state index contributed by atoms with van der Waals surface area (Å²) < 4.78 is 23.3. The standard InChI is InChI=1S/C26H26N2O10/c29-13-19-21(31)22(23(38-19)28-12-11-20(30)27-26(28)34)35-14-18(37-25(33)17-9-5-2-6-10-17)15-36-24(32)16-7-3-1-4-8-16/h1-12,18-19,21-23,29,31H,13-15H2,(H,27,30,34)/t18?,19-,21-,22-,23-/m1/s1. The first-order valence-electron chi connectivity index (χ1n) is 11.7. The summed E-state index contributed by atoms with van der Waals surface area (Å²) in [6.07, 6.45) is -4.83. The van der Waals surface area contributed by atoms with Gasteiger partial charge in [0.05, 0.1) is 24.3 Å². The van der Waals surface area contributed by atoms with E-state index < -0.39 is 60.4 Å². The number of carbonyl (C=O) groups is 2. The van der Waals surface area contributed by atoms with Crippen LogP contribution < -0.4 is 11.2 Å². The molecule has 4 rings (SSSR count). The van der Waals surface area contributed by atoms with Crippen molar-refractivity contribution < 1.29 is 38.7 Å². The molecular formula is C26H26N2O10. The van der Waals surface area contributed by atoms with Crippen LogP contribution in [0.25, 0.3) is 0 Å². The number of esters is 2. The number of aromatic amines is 1. The zero-order valence-electron chi connectivity index (χ0n) is 20.0. The number of ether oxygens (including phenoxy) is 4. The molecule has 0 bridgehead atoms. The van der Waals surface area contributed by atoms with Crippen molar-refractivity contribution in [3.8, 4) is 0 Å². The highest BCUT2D eigenvalue weighted by molar-refractivity contribution is 5.90. The zero-order valence-corrected chi connectivity index (χ0v) is 20.0. The molecule has 1 saturated heterocycles. The minimum Gasteiger partial charge on any atom is -0.458 e. The van der Waals surface area contributed by atoms with Crippen molar-refractivity contribution in [3.05, 3.63) is 105 Å². The van der Waals surface area contributed by atoms with Gasteiger partial charge >= 0.3 is 17.6 Å². The molecule has 2 heterocycles. The van der Waals surface area contributed by atoms with Crippen LogP contribution in [-0.2, 0) is 18.9 Å². The summed E-state index contributed by atoms with van der Waals surface area (Å²) in [5.41, 5.74) is -0.890. The number of aromatic nitrogens is 2. The van der Waals surface area contributed by atoms with Crippen LogP contribution >= 0.6 is 0 Å². The van der Waals surface area contributed by atoms with Crippen molar-refractivity contribution in [2.75, 3.05) is 19.8 Å². The van der Waals surface area contributed by atoms with Gasteiger partial charge < -0.3 is 29.2 Å². The third-order valence-corrected chi connectivity index (χ3v) is 5.79. The maximum atomic E-state index is 12.7. The van der Waals surface area contributed by atoms with E-state index in [1.54, 1.807) is 60.7 Å². The average Bonchev–Trinajstić information content (AvgIpc) is 3.25. The Hall–Kier alpha value is -4.10. The zero-order chi connectivity index (χ0) is 27.1. The SMILES string of the molecule is O=C(OCC(CO[C@@H]1[C@H](O)[C@@H](CO)O[C@H]1n1ccc(=O)[nH]c1=O)OC(=O)c1ccccc1)c1ccccc1. The minimum atomic E-state index is -1.37. The lowest BCUT2D eigenvalue weighted by Crippen LogP contribution is -2.41. The average molecular weight is 526 g/mol. The lowest BCUT2D eigenvalue weighted by molar-refractivity contribution is -0.101. The number of hydrogen-bond acceptors (Lipinski definition) is 10. The third-order valence-electron chi connectivity index (χ3n) is 5.79. The van der Waals surface area contributed by atoms with Gasteiger partial charge in [-0.05, 0) is 24.3 Å². The van der Waals surface area contributed by atoms with E-state index in [-0.39, 0.29) is 18.8 Å². The number of benzene rings is 2. The second-order valence-corrected chi connectivity index (χ2v) is 8.41. The number of hydrogen-bond donors (Lipinski definition) is 3. The molecule has 1 aliphatic heterocycles. The summed E-state index contributed by atoms with van der Waals surface area (Å²) >= 11 is 0. The minimum absolute atomic E-state index is 0.258. The molecule has 3 N–H and O–H groups in total. The quantitative estimate of drug-likeness (QED) is 0.312. The second kappa shape index (κ2) is 12.4. The number of aliphatic hydroxyl groups excluding tert-OH is 2. The summed E-state index contributed by atoms with van der Waals surface area (Å²) in [6, 6.07) is 17.5. The first-order valence-corrected chi connectivity index (χ1v) is 11.7. The van der Waals surface area contributed by atoms with Gasteiger partial charge in [-0.2, -0.15) is 0 Å². The fourth-order valence-electron chi connectivity index (χ4n) is 3.86. The van der Waals surface area contributed by atoms with E-state index in [2.05, 4.69) is 4.98 Å². The Kier molecular flexibility index (Phi) is 8.81. The molecule has 38 heavy (non-hydrogen) atoms. The third kappa shape index (κ3) is 6.42. The molecule has 2 aromatic carbocycles. The molecule has 1 fully saturated rings. The first kappa shape index (κ1) is 26.9. The Morgan fingerprint density at radius 2 is 1.58 bits per heavy atom. The largest absolute Gasteiger partial charge is 0.458 e. The van der Waals surface area contributed by atoms with Crippen molar-refractivity contribution >= 4 is 11.9 Å². The van der Waals surface area contributed by atoms with Crippen molar-refractivity contribution in [2.45, 2.75) is 30.6 Å². The summed E-state index contributed by atoms with van der Waals surface area (Å²) in [7, 11) is 0. The Labute approximate surface area is 216 Å². The molecule has 200 valence electrons. The molecule has 1 aliphatic rings. The molecule has 1 aromatic heterocycles. The molecule has 12 heteroatoms. The number of nitrogens with zero attached hydrogens (tertiary/aromatic N) is 1. The van der Waals surface area contributed by atoms with Gasteiger partial charge in [0.2, 0.25) is 0 Å². The Morgan fingerprint density at radius 3 is 2.18 bits per heavy atom. The van der Waals surface area contributed by atoms with Crippen molar-refractivity contribution in [2.24, 2.45) is 0 Å². The van der Waals surface area contributed by atoms with Crippen molar-refractivity contribution in [1.29, 1.82) is 0 Å². The monoisotopic (exact) mass is 526 g/mol. The van der Waals surface area contributed by atoms with Crippen LogP contribution in [0.1, 0.15) is 26.9 Å². The van der Waals surface area contributed by atoms with Crippen molar-refractivity contribution in [1.82, 2.24) is 9.55 Å². The molecule has 3 aromatic rings. The molecular weight excluding hydrogens is 500 g/mol.